The van der Waals surface area contributed by atoms with Crippen LogP contribution in [0.25, 0.3) is 0 Å². The SMILES string of the molecule is CC(C(=O)N(CC1CCCNC1)C1CC1)C1CC1. The summed E-state index contributed by atoms with van der Waals surface area (Å²) < 4.78 is 0. The van der Waals surface area contributed by atoms with E-state index < -0.39 is 0 Å². The van der Waals surface area contributed by atoms with Crippen molar-refractivity contribution in [3.63, 3.8) is 0 Å². The van der Waals surface area contributed by atoms with Gasteiger partial charge in [0, 0.05) is 18.5 Å². The van der Waals surface area contributed by atoms with Gasteiger partial charge < -0.3 is 10.2 Å². The van der Waals surface area contributed by atoms with Crippen LogP contribution in [-0.4, -0.2) is 36.5 Å². The van der Waals surface area contributed by atoms with Gasteiger partial charge >= 0.3 is 0 Å². The summed E-state index contributed by atoms with van der Waals surface area (Å²) in [6.07, 6.45) is 7.59. The van der Waals surface area contributed by atoms with E-state index in [1.54, 1.807) is 0 Å². The largest absolute Gasteiger partial charge is 0.339 e. The van der Waals surface area contributed by atoms with E-state index in [0.29, 0.717) is 23.8 Å². The van der Waals surface area contributed by atoms with Gasteiger partial charge in [-0.1, -0.05) is 6.92 Å². The number of hydrogen-bond acceptors (Lipinski definition) is 2. The molecule has 18 heavy (non-hydrogen) atoms. The fourth-order valence-electron chi connectivity index (χ4n) is 3.22. The molecular weight excluding hydrogens is 224 g/mol. The van der Waals surface area contributed by atoms with Gasteiger partial charge in [0.1, 0.15) is 0 Å². The molecule has 0 radical (unpaired) electrons. The highest BCUT2D eigenvalue weighted by atomic mass is 16.2. The highest BCUT2D eigenvalue weighted by molar-refractivity contribution is 5.79. The molecule has 1 amide bonds. The molecule has 102 valence electrons. The van der Waals surface area contributed by atoms with Crippen molar-refractivity contribution in [2.75, 3.05) is 19.6 Å². The maximum atomic E-state index is 12.6. The monoisotopic (exact) mass is 250 g/mol. The highest BCUT2D eigenvalue weighted by Gasteiger charge is 2.40. The molecule has 0 aromatic carbocycles. The second-order valence-electron chi connectivity index (χ2n) is 6.56. The number of nitrogens with one attached hydrogen (secondary N) is 1. The maximum absolute atomic E-state index is 12.6. The van der Waals surface area contributed by atoms with Crippen molar-refractivity contribution < 1.29 is 4.79 Å². The zero-order chi connectivity index (χ0) is 12.5. The van der Waals surface area contributed by atoms with Gasteiger partial charge in [0.2, 0.25) is 5.91 Å². The van der Waals surface area contributed by atoms with Crippen molar-refractivity contribution in [1.82, 2.24) is 10.2 Å². The molecule has 1 heterocycles. The fourth-order valence-corrected chi connectivity index (χ4v) is 3.22. The third-order valence-corrected chi connectivity index (χ3v) is 4.84. The zero-order valence-corrected chi connectivity index (χ0v) is 11.5. The molecular formula is C15H26N2O. The lowest BCUT2D eigenvalue weighted by Crippen LogP contribution is -2.44. The van der Waals surface area contributed by atoms with Crippen LogP contribution < -0.4 is 5.32 Å². The Bertz CT molecular complexity index is 304. The molecule has 3 rings (SSSR count). The van der Waals surface area contributed by atoms with E-state index in [2.05, 4.69) is 17.1 Å². The molecule has 0 aromatic heterocycles. The quantitative estimate of drug-likeness (QED) is 0.809. The molecule has 3 nitrogen and oxygen atoms in total. The highest BCUT2D eigenvalue weighted by Crippen LogP contribution is 2.39. The minimum absolute atomic E-state index is 0.280. The summed E-state index contributed by atoms with van der Waals surface area (Å²) in [5, 5.41) is 3.46. The summed E-state index contributed by atoms with van der Waals surface area (Å²) in [7, 11) is 0. The molecule has 3 fully saturated rings. The Balaban J connectivity index is 1.58. The van der Waals surface area contributed by atoms with E-state index in [-0.39, 0.29) is 5.92 Å². The van der Waals surface area contributed by atoms with Crippen molar-refractivity contribution in [2.45, 2.75) is 51.5 Å². The first-order chi connectivity index (χ1) is 8.75. The molecule has 1 saturated heterocycles. The Labute approximate surface area is 110 Å². The van der Waals surface area contributed by atoms with Gasteiger partial charge in [-0.2, -0.15) is 0 Å². The molecule has 1 N–H and O–H groups in total. The number of hydrogen-bond donors (Lipinski definition) is 1. The standard InChI is InChI=1S/C15H26N2O/c1-11(13-4-5-13)15(18)17(14-6-7-14)10-12-3-2-8-16-9-12/h11-14,16H,2-10H2,1H3. The van der Waals surface area contributed by atoms with Crippen molar-refractivity contribution >= 4 is 5.91 Å². The van der Waals surface area contributed by atoms with Crippen LogP contribution in [-0.2, 0) is 4.79 Å². The average Bonchev–Trinajstić information content (AvgIpc) is 3.28. The van der Waals surface area contributed by atoms with Gasteiger partial charge in [-0.05, 0) is 63.5 Å². The lowest BCUT2D eigenvalue weighted by atomic mass is 9.97. The van der Waals surface area contributed by atoms with Crippen LogP contribution in [0.1, 0.15) is 45.4 Å². The van der Waals surface area contributed by atoms with Crippen molar-refractivity contribution in [3.05, 3.63) is 0 Å². The Hall–Kier alpha value is -0.570. The van der Waals surface area contributed by atoms with Crippen molar-refractivity contribution in [3.8, 4) is 0 Å². The summed E-state index contributed by atoms with van der Waals surface area (Å²) in [6.45, 7) is 5.42. The maximum Gasteiger partial charge on any atom is 0.225 e. The van der Waals surface area contributed by atoms with Crippen LogP contribution >= 0.6 is 0 Å². The predicted molar refractivity (Wildman–Crippen MR) is 72.2 cm³/mol. The van der Waals surface area contributed by atoms with E-state index in [4.69, 9.17) is 0 Å². The fraction of sp³-hybridized carbons (Fsp3) is 0.933. The predicted octanol–water partition coefficient (Wildman–Crippen LogP) is 2.02. The molecule has 2 unspecified atom stereocenters. The van der Waals surface area contributed by atoms with Crippen LogP contribution in [0.4, 0.5) is 0 Å². The number of amides is 1. The first kappa shape index (κ1) is 12.5. The number of piperidine rings is 1. The van der Waals surface area contributed by atoms with Crippen molar-refractivity contribution in [2.24, 2.45) is 17.8 Å². The van der Waals surface area contributed by atoms with Crippen LogP contribution in [0.2, 0.25) is 0 Å². The molecule has 3 aliphatic rings. The average molecular weight is 250 g/mol. The Morgan fingerprint density at radius 1 is 1.28 bits per heavy atom. The third-order valence-electron chi connectivity index (χ3n) is 4.84. The number of carbonyl (C=O) groups is 1. The molecule has 0 bridgehead atoms. The minimum atomic E-state index is 0.280. The number of carbonyl (C=O) groups excluding carboxylic acids is 1. The first-order valence-corrected chi connectivity index (χ1v) is 7.77. The van der Waals surface area contributed by atoms with Gasteiger partial charge in [-0.25, -0.2) is 0 Å². The number of nitrogens with zero attached hydrogens (tertiary/aromatic N) is 1. The summed E-state index contributed by atoms with van der Waals surface area (Å²) in [4.78, 5) is 14.8. The normalized spacial score (nSPS) is 29.9. The molecule has 2 saturated carbocycles. The van der Waals surface area contributed by atoms with Crippen LogP contribution in [0.5, 0.6) is 0 Å². The Morgan fingerprint density at radius 3 is 2.61 bits per heavy atom. The van der Waals surface area contributed by atoms with E-state index in [1.165, 1.54) is 38.5 Å². The zero-order valence-electron chi connectivity index (χ0n) is 11.5. The minimum Gasteiger partial charge on any atom is -0.339 e. The molecule has 0 spiro atoms. The van der Waals surface area contributed by atoms with Crippen LogP contribution in [0, 0.1) is 17.8 Å². The second-order valence-corrected chi connectivity index (χ2v) is 6.56. The van der Waals surface area contributed by atoms with E-state index in [9.17, 15) is 4.79 Å². The Morgan fingerprint density at radius 2 is 2.06 bits per heavy atom. The van der Waals surface area contributed by atoms with Gasteiger partial charge in [0.05, 0.1) is 0 Å². The summed E-state index contributed by atoms with van der Waals surface area (Å²) in [5.41, 5.74) is 0. The molecule has 2 atom stereocenters. The third kappa shape index (κ3) is 2.87. The summed E-state index contributed by atoms with van der Waals surface area (Å²) in [6, 6.07) is 0.584. The van der Waals surface area contributed by atoms with Gasteiger partial charge in [-0.15, -0.1) is 0 Å². The molecule has 3 heteroatoms. The van der Waals surface area contributed by atoms with E-state index >= 15 is 0 Å². The molecule has 2 aliphatic carbocycles. The van der Waals surface area contributed by atoms with Gasteiger partial charge in [0.15, 0.2) is 0 Å². The summed E-state index contributed by atoms with van der Waals surface area (Å²) in [5.74, 6) is 2.12. The molecule has 0 aromatic rings. The Kier molecular flexibility index (Phi) is 3.60. The van der Waals surface area contributed by atoms with Crippen LogP contribution in [0.15, 0.2) is 0 Å². The van der Waals surface area contributed by atoms with E-state index in [1.807, 2.05) is 0 Å². The lowest BCUT2D eigenvalue weighted by molar-refractivity contribution is -0.137. The van der Waals surface area contributed by atoms with E-state index in [0.717, 1.165) is 19.6 Å². The first-order valence-electron chi connectivity index (χ1n) is 7.77. The van der Waals surface area contributed by atoms with Crippen LogP contribution in [0.3, 0.4) is 0 Å². The van der Waals surface area contributed by atoms with Crippen molar-refractivity contribution in [1.29, 1.82) is 0 Å². The lowest BCUT2D eigenvalue weighted by Gasteiger charge is -2.32. The number of rotatable bonds is 5. The second kappa shape index (κ2) is 5.20. The molecule has 1 aliphatic heterocycles. The van der Waals surface area contributed by atoms with Gasteiger partial charge in [-0.3, -0.25) is 4.79 Å². The smallest absolute Gasteiger partial charge is 0.225 e. The topological polar surface area (TPSA) is 32.3 Å². The summed E-state index contributed by atoms with van der Waals surface area (Å²) >= 11 is 0. The van der Waals surface area contributed by atoms with Gasteiger partial charge in [0.25, 0.3) is 0 Å².